The van der Waals surface area contributed by atoms with Crippen LogP contribution in [0.5, 0.6) is 0 Å². The second kappa shape index (κ2) is 8.78. The van der Waals surface area contributed by atoms with Crippen molar-refractivity contribution in [3.8, 4) is 0 Å². The molecule has 0 amide bonds. The molecule has 0 radical (unpaired) electrons. The van der Waals surface area contributed by atoms with Crippen LogP contribution in [-0.2, 0) is 14.8 Å². The fourth-order valence-corrected chi connectivity index (χ4v) is 4.35. The molecule has 2 rings (SSSR count). The van der Waals surface area contributed by atoms with E-state index in [4.69, 9.17) is 0 Å². The maximum absolute atomic E-state index is 12.3. The Morgan fingerprint density at radius 1 is 1.24 bits per heavy atom. The average Bonchev–Trinajstić information content (AvgIpc) is 3.05. The monoisotopic (exact) mass is 368 g/mol. The predicted molar refractivity (Wildman–Crippen MR) is 97.1 cm³/mol. The second-order valence-electron chi connectivity index (χ2n) is 7.05. The maximum Gasteiger partial charge on any atom is 0.310 e. The summed E-state index contributed by atoms with van der Waals surface area (Å²) in [5, 5.41) is 9.55. The van der Waals surface area contributed by atoms with Crippen LogP contribution < -0.4 is 4.72 Å². The van der Waals surface area contributed by atoms with Gasteiger partial charge in [-0.25, -0.2) is 13.1 Å². The van der Waals surface area contributed by atoms with Gasteiger partial charge in [0.25, 0.3) is 0 Å². The lowest BCUT2D eigenvalue weighted by Gasteiger charge is -2.17. The van der Waals surface area contributed by atoms with Crippen molar-refractivity contribution in [1.29, 1.82) is 0 Å². The van der Waals surface area contributed by atoms with Crippen molar-refractivity contribution in [1.82, 2.24) is 9.62 Å². The van der Waals surface area contributed by atoms with Crippen LogP contribution in [-0.4, -0.2) is 51.6 Å². The van der Waals surface area contributed by atoms with Gasteiger partial charge in [-0.2, -0.15) is 0 Å². The predicted octanol–water partition coefficient (Wildman–Crippen LogP) is 2.27. The van der Waals surface area contributed by atoms with E-state index >= 15 is 0 Å². The van der Waals surface area contributed by atoms with Crippen LogP contribution in [0.1, 0.15) is 43.6 Å². The molecular weight excluding hydrogens is 340 g/mol. The van der Waals surface area contributed by atoms with Crippen LogP contribution in [0, 0.1) is 5.92 Å². The molecule has 1 unspecified atom stereocenters. The molecule has 0 bridgehead atoms. The lowest BCUT2D eigenvalue weighted by Crippen LogP contribution is -2.31. The smallest absolute Gasteiger partial charge is 0.310 e. The van der Waals surface area contributed by atoms with E-state index in [9.17, 15) is 18.3 Å². The van der Waals surface area contributed by atoms with Crippen LogP contribution in [0.4, 0.5) is 0 Å². The Morgan fingerprint density at radius 3 is 2.36 bits per heavy atom. The molecule has 7 heteroatoms. The number of hydrogen-bond donors (Lipinski definition) is 2. The Hall–Kier alpha value is -1.44. The van der Waals surface area contributed by atoms with Gasteiger partial charge in [0.2, 0.25) is 10.0 Å². The zero-order valence-corrected chi connectivity index (χ0v) is 15.8. The van der Waals surface area contributed by atoms with Gasteiger partial charge in [0, 0.05) is 13.1 Å². The van der Waals surface area contributed by atoms with Gasteiger partial charge in [-0.15, -0.1) is 0 Å². The third-order valence-corrected chi connectivity index (χ3v) is 6.26. The number of carboxylic acids is 1. The number of aliphatic carboxylic acids is 1. The molecule has 1 aliphatic rings. The van der Waals surface area contributed by atoms with E-state index in [1.165, 1.54) is 25.0 Å². The van der Waals surface area contributed by atoms with Crippen LogP contribution in [0.3, 0.4) is 0 Å². The van der Waals surface area contributed by atoms with Crippen molar-refractivity contribution in [3.05, 3.63) is 29.8 Å². The number of nitrogens with one attached hydrogen (secondary N) is 1. The summed E-state index contributed by atoms with van der Waals surface area (Å²) in [4.78, 5) is 13.7. The summed E-state index contributed by atoms with van der Waals surface area (Å²) < 4.78 is 27.1. The number of benzene rings is 1. The van der Waals surface area contributed by atoms with Gasteiger partial charge in [0.15, 0.2) is 0 Å². The standard InChI is InChI=1S/C18H28N2O4S/c1-20(2)12-11-19-25(23,24)16-9-7-15(8-10-16)17(18(21)22)13-14-5-3-4-6-14/h7-10,14,17,19H,3-6,11-13H2,1-2H3,(H,21,22). The summed E-state index contributed by atoms with van der Waals surface area (Å²) in [5.74, 6) is -0.953. The van der Waals surface area contributed by atoms with E-state index in [0.717, 1.165) is 12.8 Å². The molecular formula is C18H28N2O4S. The molecule has 0 heterocycles. The molecule has 6 nitrogen and oxygen atoms in total. The fraction of sp³-hybridized carbons (Fsp3) is 0.611. The summed E-state index contributed by atoms with van der Waals surface area (Å²) in [5.41, 5.74) is 0.673. The summed E-state index contributed by atoms with van der Waals surface area (Å²) in [6.45, 7) is 0.941. The largest absolute Gasteiger partial charge is 0.481 e. The van der Waals surface area contributed by atoms with Gasteiger partial charge in [0.1, 0.15) is 0 Å². The van der Waals surface area contributed by atoms with E-state index in [1.807, 2.05) is 19.0 Å². The molecule has 0 saturated heterocycles. The first kappa shape index (κ1) is 19.9. The highest BCUT2D eigenvalue weighted by atomic mass is 32.2. The summed E-state index contributed by atoms with van der Waals surface area (Å²) in [6, 6.07) is 6.26. The van der Waals surface area contributed by atoms with Gasteiger partial charge in [0.05, 0.1) is 10.8 Å². The Labute approximate surface area is 150 Å². The molecule has 1 fully saturated rings. The topological polar surface area (TPSA) is 86.7 Å². The minimum atomic E-state index is -3.57. The Bertz CT molecular complexity index is 665. The molecule has 1 saturated carbocycles. The van der Waals surface area contributed by atoms with Gasteiger partial charge >= 0.3 is 5.97 Å². The molecule has 1 aromatic rings. The van der Waals surface area contributed by atoms with Gasteiger partial charge in [-0.1, -0.05) is 37.8 Å². The van der Waals surface area contributed by atoms with Crippen molar-refractivity contribution in [2.45, 2.75) is 42.9 Å². The molecule has 1 atom stereocenters. The molecule has 2 N–H and O–H groups in total. The first-order valence-electron chi connectivity index (χ1n) is 8.77. The third-order valence-electron chi connectivity index (χ3n) is 4.79. The number of nitrogens with zero attached hydrogens (tertiary/aromatic N) is 1. The third kappa shape index (κ3) is 5.80. The van der Waals surface area contributed by atoms with Gasteiger partial charge in [-0.3, -0.25) is 4.79 Å². The van der Waals surface area contributed by atoms with E-state index in [-0.39, 0.29) is 4.90 Å². The average molecular weight is 368 g/mol. The molecule has 25 heavy (non-hydrogen) atoms. The highest BCUT2D eigenvalue weighted by Gasteiger charge is 2.26. The van der Waals surface area contributed by atoms with Crippen molar-refractivity contribution < 1.29 is 18.3 Å². The molecule has 1 aromatic carbocycles. The number of likely N-dealkylation sites (N-methyl/N-ethyl adjacent to an activating group) is 1. The van der Waals surface area contributed by atoms with E-state index < -0.39 is 21.9 Å². The zero-order valence-electron chi connectivity index (χ0n) is 14.9. The maximum atomic E-state index is 12.3. The molecule has 0 spiro atoms. The van der Waals surface area contributed by atoms with Crippen LogP contribution in [0.2, 0.25) is 0 Å². The quantitative estimate of drug-likeness (QED) is 0.698. The van der Waals surface area contributed by atoms with E-state index in [0.29, 0.717) is 31.0 Å². The first-order valence-corrected chi connectivity index (χ1v) is 10.2. The number of carbonyl (C=O) groups is 1. The highest BCUT2D eigenvalue weighted by Crippen LogP contribution is 2.34. The minimum Gasteiger partial charge on any atom is -0.481 e. The lowest BCUT2D eigenvalue weighted by molar-refractivity contribution is -0.139. The molecule has 1 aliphatic carbocycles. The number of carboxylic acid groups (broad SMARTS) is 1. The Balaban J connectivity index is 2.07. The van der Waals surface area contributed by atoms with Crippen LogP contribution >= 0.6 is 0 Å². The SMILES string of the molecule is CN(C)CCNS(=O)(=O)c1ccc(C(CC2CCCC2)C(=O)O)cc1. The van der Waals surface area contributed by atoms with Gasteiger partial charge in [-0.05, 0) is 44.1 Å². The second-order valence-corrected chi connectivity index (χ2v) is 8.81. The van der Waals surface area contributed by atoms with E-state index in [2.05, 4.69) is 4.72 Å². The van der Waals surface area contributed by atoms with Crippen molar-refractivity contribution in [2.24, 2.45) is 5.92 Å². The minimum absolute atomic E-state index is 0.167. The van der Waals surface area contributed by atoms with Gasteiger partial charge < -0.3 is 10.0 Å². The number of sulfonamides is 1. The van der Waals surface area contributed by atoms with E-state index in [1.54, 1.807) is 12.1 Å². The highest BCUT2D eigenvalue weighted by molar-refractivity contribution is 7.89. The van der Waals surface area contributed by atoms with Crippen LogP contribution in [0.15, 0.2) is 29.2 Å². The van der Waals surface area contributed by atoms with Crippen molar-refractivity contribution in [2.75, 3.05) is 27.2 Å². The van der Waals surface area contributed by atoms with Crippen LogP contribution in [0.25, 0.3) is 0 Å². The number of hydrogen-bond acceptors (Lipinski definition) is 4. The molecule has 0 aliphatic heterocycles. The Morgan fingerprint density at radius 2 is 1.84 bits per heavy atom. The van der Waals surface area contributed by atoms with Crippen molar-refractivity contribution in [3.63, 3.8) is 0 Å². The lowest BCUT2D eigenvalue weighted by atomic mass is 9.88. The first-order chi connectivity index (χ1) is 11.8. The normalized spacial score (nSPS) is 17.1. The fourth-order valence-electron chi connectivity index (χ4n) is 3.33. The van der Waals surface area contributed by atoms with Crippen molar-refractivity contribution >= 4 is 16.0 Å². The summed E-state index contributed by atoms with van der Waals surface area (Å²) in [6.07, 6.45) is 5.15. The Kier molecular flexibility index (Phi) is 6.98. The molecule has 140 valence electrons. The molecule has 0 aromatic heterocycles. The summed E-state index contributed by atoms with van der Waals surface area (Å²) in [7, 11) is 0.184. The summed E-state index contributed by atoms with van der Waals surface area (Å²) >= 11 is 0. The number of rotatable bonds is 9. The zero-order chi connectivity index (χ0) is 18.4.